The van der Waals surface area contributed by atoms with E-state index in [2.05, 4.69) is 5.38 Å². The van der Waals surface area contributed by atoms with Gasteiger partial charge in [0.1, 0.15) is 6.07 Å². The van der Waals surface area contributed by atoms with E-state index >= 15 is 0 Å². The lowest BCUT2D eigenvalue weighted by Crippen LogP contribution is -1.74. The van der Waals surface area contributed by atoms with Crippen LogP contribution in [0.15, 0.2) is 6.07 Å². The summed E-state index contributed by atoms with van der Waals surface area (Å²) >= 11 is 1.30. The van der Waals surface area contributed by atoms with Gasteiger partial charge in [-0.2, -0.15) is 5.26 Å². The monoisotopic (exact) mass is 138 g/mol. The largest absolute Gasteiger partial charge is 0.487 e. The van der Waals surface area contributed by atoms with Gasteiger partial charge in [-0.25, -0.2) is 0 Å². The third-order valence-corrected chi connectivity index (χ3v) is 1.65. The van der Waals surface area contributed by atoms with Crippen LogP contribution in [0.1, 0.15) is 5.56 Å². The average Bonchev–Trinajstić information content (AvgIpc) is 2.34. The topological polar surface area (TPSA) is 33.0 Å². The highest BCUT2D eigenvalue weighted by molar-refractivity contribution is 7.11. The maximum atomic E-state index is 8.32. The van der Waals surface area contributed by atoms with Crippen LogP contribution in [0.2, 0.25) is 0 Å². The van der Waals surface area contributed by atoms with Crippen LogP contribution in [0.25, 0.3) is 0 Å². The highest BCUT2D eigenvalue weighted by atomic mass is 32.1. The lowest BCUT2D eigenvalue weighted by atomic mass is 10.4. The van der Waals surface area contributed by atoms with Crippen molar-refractivity contribution in [2.75, 3.05) is 7.11 Å². The zero-order chi connectivity index (χ0) is 6.69. The number of rotatable bonds is 1. The van der Waals surface area contributed by atoms with Gasteiger partial charge in [0.25, 0.3) is 0 Å². The lowest BCUT2D eigenvalue weighted by molar-refractivity contribution is 0.427. The molecule has 0 aliphatic carbocycles. The molecule has 1 heterocycles. The standard InChI is InChI=1S/C6H4NOS/c1-8-6-2-5(3-7)4-9-6/h2H,1H3. The van der Waals surface area contributed by atoms with Gasteiger partial charge >= 0.3 is 0 Å². The number of nitrogens with zero attached hydrogens (tertiary/aromatic N) is 1. The molecule has 9 heavy (non-hydrogen) atoms. The molecular weight excluding hydrogens is 134 g/mol. The maximum absolute atomic E-state index is 8.32. The second kappa shape index (κ2) is 2.51. The van der Waals surface area contributed by atoms with E-state index in [9.17, 15) is 0 Å². The van der Waals surface area contributed by atoms with Crippen LogP contribution in [-0.4, -0.2) is 7.11 Å². The minimum absolute atomic E-state index is 0.539. The van der Waals surface area contributed by atoms with E-state index in [0.29, 0.717) is 5.56 Å². The normalized spacial score (nSPS) is 8.44. The van der Waals surface area contributed by atoms with Gasteiger partial charge in [0.05, 0.1) is 18.1 Å². The molecule has 1 radical (unpaired) electrons. The second-order valence-electron chi connectivity index (χ2n) is 1.40. The molecule has 0 fully saturated rings. The van der Waals surface area contributed by atoms with E-state index in [1.807, 2.05) is 6.07 Å². The Kier molecular flexibility index (Phi) is 1.71. The molecule has 0 atom stereocenters. The first-order valence-electron chi connectivity index (χ1n) is 2.32. The average molecular weight is 138 g/mol. The molecule has 0 aliphatic heterocycles. The predicted molar refractivity (Wildman–Crippen MR) is 34.4 cm³/mol. The molecule has 0 saturated carbocycles. The minimum Gasteiger partial charge on any atom is -0.487 e. The van der Waals surface area contributed by atoms with Gasteiger partial charge in [0, 0.05) is 6.07 Å². The molecule has 3 heteroatoms. The summed E-state index contributed by atoms with van der Waals surface area (Å²) in [4.78, 5) is 0. The molecule has 1 rings (SSSR count). The fraction of sp³-hybridized carbons (Fsp3) is 0.167. The Labute approximate surface area is 57.3 Å². The Hall–Kier alpha value is -1.01. The van der Waals surface area contributed by atoms with Crippen LogP contribution in [0.5, 0.6) is 5.06 Å². The number of methoxy groups -OCH3 is 1. The molecule has 1 aromatic heterocycles. The lowest BCUT2D eigenvalue weighted by Gasteiger charge is -1.86. The van der Waals surface area contributed by atoms with Crippen LogP contribution in [0.4, 0.5) is 0 Å². The Morgan fingerprint density at radius 1 is 1.89 bits per heavy atom. The first-order valence-corrected chi connectivity index (χ1v) is 3.14. The quantitative estimate of drug-likeness (QED) is 0.588. The minimum atomic E-state index is 0.539. The van der Waals surface area contributed by atoms with E-state index in [1.54, 1.807) is 13.2 Å². The van der Waals surface area contributed by atoms with Gasteiger partial charge in [0.15, 0.2) is 5.06 Å². The predicted octanol–water partition coefficient (Wildman–Crippen LogP) is 1.43. The summed E-state index contributed by atoms with van der Waals surface area (Å²) in [6.07, 6.45) is 0. The molecule has 0 spiro atoms. The molecule has 0 aromatic carbocycles. The Morgan fingerprint density at radius 3 is 3.00 bits per heavy atom. The molecule has 0 amide bonds. The summed E-state index contributed by atoms with van der Waals surface area (Å²) in [5, 5.41) is 11.8. The number of ether oxygens (including phenoxy) is 1. The van der Waals surface area contributed by atoms with Crippen molar-refractivity contribution in [3.05, 3.63) is 17.0 Å². The van der Waals surface area contributed by atoms with Gasteiger partial charge in [0.2, 0.25) is 0 Å². The van der Waals surface area contributed by atoms with Crippen molar-refractivity contribution in [1.82, 2.24) is 0 Å². The van der Waals surface area contributed by atoms with Crippen molar-refractivity contribution in [2.45, 2.75) is 0 Å². The third-order valence-electron chi connectivity index (χ3n) is 0.845. The van der Waals surface area contributed by atoms with Gasteiger partial charge < -0.3 is 4.74 Å². The summed E-state index contributed by atoms with van der Waals surface area (Å²) < 4.78 is 4.83. The molecule has 0 bridgehead atoms. The molecule has 0 unspecified atom stereocenters. The van der Waals surface area contributed by atoms with Crippen molar-refractivity contribution >= 4 is 11.3 Å². The van der Waals surface area contributed by atoms with Crippen LogP contribution < -0.4 is 4.74 Å². The summed E-state index contributed by atoms with van der Waals surface area (Å²) in [5.41, 5.74) is 0.539. The molecule has 2 nitrogen and oxygen atoms in total. The smallest absolute Gasteiger partial charge is 0.175 e. The van der Waals surface area contributed by atoms with Gasteiger partial charge in [-0.05, 0) is 0 Å². The summed E-state index contributed by atoms with van der Waals surface area (Å²) in [6.45, 7) is 0. The fourth-order valence-electron chi connectivity index (χ4n) is 0.438. The van der Waals surface area contributed by atoms with E-state index < -0.39 is 0 Å². The molecule has 0 saturated heterocycles. The first kappa shape index (κ1) is 6.12. The molecule has 0 aliphatic rings. The molecule has 0 N–H and O–H groups in total. The van der Waals surface area contributed by atoms with Crippen LogP contribution >= 0.6 is 11.3 Å². The molecular formula is C6H4NOS. The third kappa shape index (κ3) is 1.21. The number of hydrogen-bond donors (Lipinski definition) is 0. The fourth-order valence-corrected chi connectivity index (χ4v) is 1.01. The number of thiophene rings is 1. The summed E-state index contributed by atoms with van der Waals surface area (Å²) in [6, 6.07) is 3.61. The van der Waals surface area contributed by atoms with Crippen molar-refractivity contribution in [3.8, 4) is 11.1 Å². The van der Waals surface area contributed by atoms with Gasteiger partial charge in [-0.1, -0.05) is 11.3 Å². The highest BCUT2D eigenvalue weighted by Crippen LogP contribution is 2.20. The van der Waals surface area contributed by atoms with Crippen molar-refractivity contribution < 1.29 is 4.74 Å². The van der Waals surface area contributed by atoms with Crippen LogP contribution in [0.3, 0.4) is 0 Å². The van der Waals surface area contributed by atoms with Crippen LogP contribution in [-0.2, 0) is 0 Å². The van der Waals surface area contributed by atoms with Gasteiger partial charge in [-0.15, -0.1) is 0 Å². The maximum Gasteiger partial charge on any atom is 0.175 e. The zero-order valence-corrected chi connectivity index (χ0v) is 5.66. The number of nitriles is 1. The van der Waals surface area contributed by atoms with Crippen molar-refractivity contribution in [1.29, 1.82) is 5.26 Å². The highest BCUT2D eigenvalue weighted by Gasteiger charge is 1.96. The zero-order valence-electron chi connectivity index (χ0n) is 4.84. The van der Waals surface area contributed by atoms with Crippen molar-refractivity contribution in [2.24, 2.45) is 0 Å². The van der Waals surface area contributed by atoms with E-state index in [4.69, 9.17) is 10.00 Å². The van der Waals surface area contributed by atoms with E-state index in [0.717, 1.165) is 5.06 Å². The summed E-state index contributed by atoms with van der Waals surface area (Å²) in [7, 11) is 1.57. The van der Waals surface area contributed by atoms with E-state index in [-0.39, 0.29) is 0 Å². The molecule has 1 aromatic rings. The van der Waals surface area contributed by atoms with Crippen molar-refractivity contribution in [3.63, 3.8) is 0 Å². The molecule has 45 valence electrons. The summed E-state index contributed by atoms with van der Waals surface area (Å²) in [5.74, 6) is 0. The second-order valence-corrected chi connectivity index (χ2v) is 2.21. The first-order chi connectivity index (χ1) is 4.36. The Morgan fingerprint density at radius 2 is 2.67 bits per heavy atom. The van der Waals surface area contributed by atoms with Gasteiger partial charge in [-0.3, -0.25) is 0 Å². The SMILES string of the molecule is COc1cc(C#N)[c]s1. The number of hydrogen-bond acceptors (Lipinski definition) is 3. The van der Waals surface area contributed by atoms with E-state index in [1.165, 1.54) is 11.3 Å². The van der Waals surface area contributed by atoms with Crippen LogP contribution in [0, 0.1) is 16.7 Å². The Balaban J connectivity index is 2.90. The Bertz CT molecular complexity index is 235.